The topological polar surface area (TPSA) is 53.3 Å². The maximum absolute atomic E-state index is 13.1. The van der Waals surface area contributed by atoms with E-state index in [-0.39, 0.29) is 11.7 Å². The molecule has 3 aromatic rings. The second kappa shape index (κ2) is 8.80. The number of thioether (sulfide) groups is 1. The van der Waals surface area contributed by atoms with E-state index in [1.165, 1.54) is 5.56 Å². The number of fused-ring (bicyclic) bond motifs is 1. The van der Waals surface area contributed by atoms with Gasteiger partial charge in [-0.2, -0.15) is 0 Å². The molecule has 2 heterocycles. The van der Waals surface area contributed by atoms with E-state index >= 15 is 0 Å². The Morgan fingerprint density at radius 2 is 2.14 bits per heavy atom. The normalized spacial score (nSPS) is 16.5. The molecule has 0 aliphatic carbocycles. The van der Waals surface area contributed by atoms with Crippen LogP contribution < -0.4 is 10.3 Å². The van der Waals surface area contributed by atoms with Gasteiger partial charge in [-0.15, -0.1) is 0 Å². The molecule has 1 fully saturated rings. The van der Waals surface area contributed by atoms with Crippen molar-refractivity contribution in [3.8, 4) is 5.75 Å². The van der Waals surface area contributed by atoms with Crippen LogP contribution in [0.5, 0.6) is 5.75 Å². The summed E-state index contributed by atoms with van der Waals surface area (Å²) in [6, 6.07) is 15.5. The molecule has 1 saturated heterocycles. The van der Waals surface area contributed by atoms with Gasteiger partial charge in [-0.25, -0.2) is 4.98 Å². The SMILES string of the molecule is Cc1cccc(OCCSc2nc3ccccc3c(=O)n2C[C@@H]2CCCO2)c1. The average molecular weight is 397 g/mol. The van der Waals surface area contributed by atoms with E-state index in [1.807, 2.05) is 55.5 Å². The molecule has 0 unspecified atom stereocenters. The number of hydrogen-bond donors (Lipinski definition) is 0. The zero-order valence-corrected chi connectivity index (χ0v) is 16.8. The second-order valence-corrected chi connectivity index (χ2v) is 8.04. The smallest absolute Gasteiger partial charge is 0.262 e. The molecule has 0 N–H and O–H groups in total. The molecule has 1 aromatic heterocycles. The molecule has 1 aliphatic heterocycles. The molecule has 0 radical (unpaired) electrons. The fourth-order valence-electron chi connectivity index (χ4n) is 3.41. The van der Waals surface area contributed by atoms with Crippen LogP contribution in [0.4, 0.5) is 0 Å². The third-order valence-corrected chi connectivity index (χ3v) is 5.75. The molecule has 0 amide bonds. The van der Waals surface area contributed by atoms with Crippen LogP contribution in [0, 0.1) is 6.92 Å². The highest BCUT2D eigenvalue weighted by atomic mass is 32.2. The first-order valence-corrected chi connectivity index (χ1v) is 10.6. The number of aryl methyl sites for hydroxylation is 1. The van der Waals surface area contributed by atoms with Gasteiger partial charge in [-0.05, 0) is 49.6 Å². The summed E-state index contributed by atoms with van der Waals surface area (Å²) in [5.41, 5.74) is 1.91. The van der Waals surface area contributed by atoms with Gasteiger partial charge in [-0.3, -0.25) is 9.36 Å². The van der Waals surface area contributed by atoms with Gasteiger partial charge < -0.3 is 9.47 Å². The van der Waals surface area contributed by atoms with Crippen LogP contribution in [0.2, 0.25) is 0 Å². The predicted octanol–water partition coefficient (Wildman–Crippen LogP) is 4.06. The minimum absolute atomic E-state index is 0.00297. The summed E-state index contributed by atoms with van der Waals surface area (Å²) < 4.78 is 13.4. The summed E-state index contributed by atoms with van der Waals surface area (Å²) in [5.74, 6) is 1.58. The number of benzene rings is 2. The van der Waals surface area contributed by atoms with Gasteiger partial charge in [0.25, 0.3) is 5.56 Å². The van der Waals surface area contributed by atoms with Gasteiger partial charge in [-0.1, -0.05) is 36.0 Å². The molecule has 28 heavy (non-hydrogen) atoms. The Bertz CT molecular complexity index is 1010. The van der Waals surface area contributed by atoms with Crippen molar-refractivity contribution in [1.82, 2.24) is 9.55 Å². The summed E-state index contributed by atoms with van der Waals surface area (Å²) in [6.07, 6.45) is 2.12. The van der Waals surface area contributed by atoms with Gasteiger partial charge in [0.05, 0.1) is 30.2 Å². The van der Waals surface area contributed by atoms with Gasteiger partial charge in [0.1, 0.15) is 5.75 Å². The summed E-state index contributed by atoms with van der Waals surface area (Å²) in [7, 11) is 0. The van der Waals surface area contributed by atoms with Crippen LogP contribution in [0.3, 0.4) is 0 Å². The van der Waals surface area contributed by atoms with Crippen molar-refractivity contribution in [3.05, 3.63) is 64.4 Å². The molecule has 5 nitrogen and oxygen atoms in total. The van der Waals surface area contributed by atoms with Crippen molar-refractivity contribution in [2.45, 2.75) is 37.6 Å². The highest BCUT2D eigenvalue weighted by Gasteiger charge is 2.20. The summed E-state index contributed by atoms with van der Waals surface area (Å²) in [4.78, 5) is 17.8. The van der Waals surface area contributed by atoms with Crippen molar-refractivity contribution in [3.63, 3.8) is 0 Å². The maximum Gasteiger partial charge on any atom is 0.262 e. The van der Waals surface area contributed by atoms with E-state index in [4.69, 9.17) is 14.5 Å². The predicted molar refractivity (Wildman–Crippen MR) is 112 cm³/mol. The fraction of sp³-hybridized carbons (Fsp3) is 0.364. The van der Waals surface area contributed by atoms with Crippen molar-refractivity contribution in [2.75, 3.05) is 19.0 Å². The first-order chi connectivity index (χ1) is 13.7. The maximum atomic E-state index is 13.1. The lowest BCUT2D eigenvalue weighted by Gasteiger charge is -2.16. The van der Waals surface area contributed by atoms with Crippen LogP contribution >= 0.6 is 11.8 Å². The first kappa shape index (κ1) is 19.0. The molecule has 1 aliphatic rings. The van der Waals surface area contributed by atoms with Gasteiger partial charge >= 0.3 is 0 Å². The number of para-hydroxylation sites is 1. The van der Waals surface area contributed by atoms with Crippen molar-refractivity contribution in [1.29, 1.82) is 0 Å². The van der Waals surface area contributed by atoms with Crippen LogP contribution in [-0.4, -0.2) is 34.6 Å². The van der Waals surface area contributed by atoms with Crippen LogP contribution in [0.15, 0.2) is 58.5 Å². The largest absolute Gasteiger partial charge is 0.493 e. The van der Waals surface area contributed by atoms with Crippen LogP contribution in [0.1, 0.15) is 18.4 Å². The lowest BCUT2D eigenvalue weighted by atomic mass is 10.2. The number of aromatic nitrogens is 2. The standard InChI is InChI=1S/C22H24N2O3S/c1-16-6-4-7-17(14-16)27-12-13-28-22-23-20-10-3-2-9-19(20)21(25)24(22)15-18-8-5-11-26-18/h2-4,6-7,9-10,14,18H,5,8,11-13,15H2,1H3/t18-/m0/s1. The zero-order chi connectivity index (χ0) is 19.3. The average Bonchev–Trinajstić information content (AvgIpc) is 3.21. The van der Waals surface area contributed by atoms with E-state index in [9.17, 15) is 4.79 Å². The second-order valence-electron chi connectivity index (χ2n) is 6.98. The lowest BCUT2D eigenvalue weighted by molar-refractivity contribution is 0.0937. The fourth-order valence-corrected chi connectivity index (χ4v) is 4.23. The molecule has 0 spiro atoms. The molecule has 6 heteroatoms. The molecule has 2 aromatic carbocycles. The van der Waals surface area contributed by atoms with E-state index < -0.39 is 0 Å². The molecule has 0 saturated carbocycles. The van der Waals surface area contributed by atoms with E-state index in [0.717, 1.165) is 35.9 Å². The minimum Gasteiger partial charge on any atom is -0.493 e. The van der Waals surface area contributed by atoms with E-state index in [2.05, 4.69) is 0 Å². The molecule has 4 rings (SSSR count). The third kappa shape index (κ3) is 4.39. The highest BCUT2D eigenvalue weighted by molar-refractivity contribution is 7.99. The molecule has 146 valence electrons. The Balaban J connectivity index is 1.51. The lowest BCUT2D eigenvalue weighted by Crippen LogP contribution is -2.29. The number of nitrogens with zero attached hydrogens (tertiary/aromatic N) is 2. The van der Waals surface area contributed by atoms with Gasteiger partial charge in [0.2, 0.25) is 0 Å². The van der Waals surface area contributed by atoms with Crippen molar-refractivity contribution < 1.29 is 9.47 Å². The number of hydrogen-bond acceptors (Lipinski definition) is 5. The van der Waals surface area contributed by atoms with Crippen molar-refractivity contribution in [2.24, 2.45) is 0 Å². The Labute approximate surface area is 168 Å². The monoisotopic (exact) mass is 396 g/mol. The Kier molecular flexibility index (Phi) is 5.98. The van der Waals surface area contributed by atoms with Crippen LogP contribution in [-0.2, 0) is 11.3 Å². The quantitative estimate of drug-likeness (QED) is 0.343. The first-order valence-electron chi connectivity index (χ1n) is 9.64. The summed E-state index contributed by atoms with van der Waals surface area (Å²) >= 11 is 1.55. The third-order valence-electron chi connectivity index (χ3n) is 4.81. The summed E-state index contributed by atoms with van der Waals surface area (Å²) in [6.45, 7) is 3.92. The van der Waals surface area contributed by atoms with Gasteiger partial charge in [0.15, 0.2) is 5.16 Å². The van der Waals surface area contributed by atoms with E-state index in [0.29, 0.717) is 24.3 Å². The van der Waals surface area contributed by atoms with Crippen LogP contribution in [0.25, 0.3) is 10.9 Å². The Hall–Kier alpha value is -2.31. The number of rotatable bonds is 7. The molecule has 0 bridgehead atoms. The Morgan fingerprint density at radius 3 is 2.96 bits per heavy atom. The number of ether oxygens (including phenoxy) is 2. The minimum atomic E-state index is 0.00297. The Morgan fingerprint density at radius 1 is 1.25 bits per heavy atom. The molecular weight excluding hydrogens is 372 g/mol. The highest BCUT2D eigenvalue weighted by Crippen LogP contribution is 2.21. The van der Waals surface area contributed by atoms with E-state index in [1.54, 1.807) is 16.3 Å². The zero-order valence-electron chi connectivity index (χ0n) is 16.0. The summed E-state index contributed by atoms with van der Waals surface area (Å²) in [5, 5.41) is 1.38. The molecular formula is C22H24N2O3S. The molecule has 1 atom stereocenters. The van der Waals surface area contributed by atoms with Gasteiger partial charge in [0, 0.05) is 12.4 Å². The van der Waals surface area contributed by atoms with Crippen molar-refractivity contribution >= 4 is 22.7 Å².